The fraction of sp³-hybridized carbons (Fsp3) is 0.130. The summed E-state index contributed by atoms with van der Waals surface area (Å²) in [6.45, 7) is 1.81. The molecule has 2 aromatic carbocycles. The van der Waals surface area contributed by atoms with Gasteiger partial charge in [-0.15, -0.1) is 0 Å². The number of carbonyl (C=O) groups excluding carboxylic acids is 2. The van der Waals surface area contributed by atoms with Crippen molar-refractivity contribution in [1.82, 2.24) is 19.5 Å². The summed E-state index contributed by atoms with van der Waals surface area (Å²) in [6, 6.07) is 10.7. The number of amides is 3. The van der Waals surface area contributed by atoms with E-state index in [1.165, 1.54) is 21.8 Å². The van der Waals surface area contributed by atoms with Crippen LogP contribution < -0.4 is 16.4 Å². The van der Waals surface area contributed by atoms with Crippen molar-refractivity contribution in [1.29, 1.82) is 0 Å². The number of nitrogens with two attached hydrogens (primary N) is 1. The van der Waals surface area contributed by atoms with E-state index in [0.717, 1.165) is 5.56 Å². The van der Waals surface area contributed by atoms with Gasteiger partial charge in [-0.25, -0.2) is 18.7 Å². The number of nitrogens with one attached hydrogen (secondary N) is 2. The van der Waals surface area contributed by atoms with Crippen LogP contribution in [0.4, 0.5) is 26.4 Å². The number of nitrogens with zero attached hydrogens (tertiary/aromatic N) is 4. The van der Waals surface area contributed by atoms with E-state index in [4.69, 9.17) is 5.73 Å². The average molecular weight is 447 g/mol. The Labute approximate surface area is 189 Å². The number of halogens is 1. The first-order valence-corrected chi connectivity index (χ1v) is 10.0. The molecule has 0 radical (unpaired) electrons. The summed E-state index contributed by atoms with van der Waals surface area (Å²) in [5.41, 5.74) is 9.69. The van der Waals surface area contributed by atoms with Crippen LogP contribution in [-0.2, 0) is 0 Å². The zero-order valence-electron chi connectivity index (χ0n) is 18.3. The summed E-state index contributed by atoms with van der Waals surface area (Å²) in [4.78, 5) is 30.6. The summed E-state index contributed by atoms with van der Waals surface area (Å²) in [5, 5.41) is 9.33. The van der Waals surface area contributed by atoms with Gasteiger partial charge in [-0.1, -0.05) is 18.2 Å². The fourth-order valence-corrected chi connectivity index (χ4v) is 3.47. The monoisotopic (exact) mass is 447 g/mol. The number of hydrogen-bond acceptors (Lipinski definition) is 5. The van der Waals surface area contributed by atoms with Crippen LogP contribution in [0.2, 0.25) is 0 Å². The van der Waals surface area contributed by atoms with Crippen LogP contribution in [-0.4, -0.2) is 45.5 Å². The maximum absolute atomic E-state index is 13.9. The zero-order chi connectivity index (χ0) is 23.7. The minimum absolute atomic E-state index is 0.0896. The number of urea groups is 1. The van der Waals surface area contributed by atoms with Gasteiger partial charge in [0.15, 0.2) is 5.82 Å². The van der Waals surface area contributed by atoms with E-state index in [9.17, 15) is 14.0 Å². The van der Waals surface area contributed by atoms with Crippen molar-refractivity contribution in [2.45, 2.75) is 6.92 Å². The minimum Gasteiger partial charge on any atom is -0.382 e. The summed E-state index contributed by atoms with van der Waals surface area (Å²) in [5.74, 6) is -0.499. The molecule has 0 atom stereocenters. The molecule has 9 nitrogen and oxygen atoms in total. The Hall–Kier alpha value is -4.47. The van der Waals surface area contributed by atoms with E-state index >= 15 is 0 Å². The topological polar surface area (TPSA) is 118 Å². The molecular formula is C23H22FN7O2. The summed E-state index contributed by atoms with van der Waals surface area (Å²) < 4.78 is 15.4. The number of rotatable bonds is 4. The molecular weight excluding hydrogens is 425 g/mol. The SMILES string of the molecule is Cc1ccc(F)c(NC(=O)Nc2ccc(-c3c(C(=O)N(C)C)cn4ncnc(N)c34)cc2)c1. The standard InChI is InChI=1S/C23H22FN7O2/c1-13-4-9-17(24)18(10-13)29-23(33)28-15-7-5-14(6-8-15)19-16(22(32)30(2)3)11-31-20(19)21(25)26-12-27-31/h4-12H,1-3H3,(H2,25,26,27)(H2,28,29,33). The van der Waals surface area contributed by atoms with Gasteiger partial charge in [-0.2, -0.15) is 5.10 Å². The second-order valence-corrected chi connectivity index (χ2v) is 7.70. The van der Waals surface area contributed by atoms with Crippen molar-refractivity contribution < 1.29 is 14.0 Å². The quantitative estimate of drug-likeness (QED) is 0.440. The number of nitrogen functional groups attached to an aromatic ring is 1. The van der Waals surface area contributed by atoms with E-state index < -0.39 is 11.8 Å². The van der Waals surface area contributed by atoms with Crippen LogP contribution in [0.25, 0.3) is 16.6 Å². The van der Waals surface area contributed by atoms with E-state index in [1.54, 1.807) is 63.6 Å². The first-order chi connectivity index (χ1) is 15.7. The number of carbonyl (C=O) groups is 2. The molecule has 0 aliphatic rings. The molecule has 0 aliphatic carbocycles. The molecule has 4 N–H and O–H groups in total. The van der Waals surface area contributed by atoms with Crippen LogP contribution in [0.5, 0.6) is 0 Å². The first kappa shape index (κ1) is 21.8. The number of benzene rings is 2. The second kappa shape index (κ2) is 8.58. The van der Waals surface area contributed by atoms with Gasteiger partial charge < -0.3 is 21.3 Å². The lowest BCUT2D eigenvalue weighted by molar-refractivity contribution is 0.0828. The molecule has 2 heterocycles. The molecule has 0 unspecified atom stereocenters. The van der Waals surface area contributed by atoms with Crippen molar-refractivity contribution in [3.8, 4) is 11.1 Å². The van der Waals surface area contributed by atoms with Crippen molar-refractivity contribution in [3.63, 3.8) is 0 Å². The molecule has 2 aromatic heterocycles. The highest BCUT2D eigenvalue weighted by atomic mass is 19.1. The van der Waals surface area contributed by atoms with Gasteiger partial charge in [0.2, 0.25) is 0 Å². The van der Waals surface area contributed by atoms with Crippen LogP contribution in [0.3, 0.4) is 0 Å². The van der Waals surface area contributed by atoms with Crippen molar-refractivity contribution in [2.75, 3.05) is 30.5 Å². The lowest BCUT2D eigenvalue weighted by atomic mass is 10.0. The summed E-state index contributed by atoms with van der Waals surface area (Å²) in [7, 11) is 3.32. The van der Waals surface area contributed by atoms with Crippen LogP contribution in [0, 0.1) is 12.7 Å². The second-order valence-electron chi connectivity index (χ2n) is 7.70. The molecule has 3 amide bonds. The molecule has 168 valence electrons. The zero-order valence-corrected chi connectivity index (χ0v) is 18.3. The Balaban J connectivity index is 1.63. The third kappa shape index (κ3) is 4.31. The maximum Gasteiger partial charge on any atom is 0.323 e. The maximum atomic E-state index is 13.9. The van der Waals surface area contributed by atoms with E-state index in [0.29, 0.717) is 27.9 Å². The van der Waals surface area contributed by atoms with Crippen molar-refractivity contribution in [2.24, 2.45) is 0 Å². The highest BCUT2D eigenvalue weighted by Crippen LogP contribution is 2.33. The molecule has 33 heavy (non-hydrogen) atoms. The van der Waals surface area contributed by atoms with Crippen LogP contribution >= 0.6 is 0 Å². The number of aromatic nitrogens is 3. The summed E-state index contributed by atoms with van der Waals surface area (Å²) in [6.07, 6.45) is 2.93. The lowest BCUT2D eigenvalue weighted by Gasteiger charge is -2.12. The lowest BCUT2D eigenvalue weighted by Crippen LogP contribution is -2.21. The number of anilines is 3. The van der Waals surface area contributed by atoms with Crippen LogP contribution in [0.15, 0.2) is 55.0 Å². The number of aryl methyl sites for hydroxylation is 1. The van der Waals surface area contributed by atoms with Gasteiger partial charge in [0, 0.05) is 31.5 Å². The molecule has 0 aliphatic heterocycles. The Morgan fingerprint density at radius 2 is 1.82 bits per heavy atom. The summed E-state index contributed by atoms with van der Waals surface area (Å²) >= 11 is 0. The Morgan fingerprint density at radius 3 is 2.52 bits per heavy atom. The predicted octanol–water partition coefficient (Wildman–Crippen LogP) is 3.77. The van der Waals surface area contributed by atoms with Gasteiger partial charge in [-0.05, 0) is 42.3 Å². The molecule has 4 rings (SSSR count). The normalized spacial score (nSPS) is 10.8. The van der Waals surface area contributed by atoms with Gasteiger partial charge in [-0.3, -0.25) is 4.79 Å². The Kier molecular flexibility index (Phi) is 5.65. The van der Waals surface area contributed by atoms with E-state index in [1.807, 2.05) is 0 Å². The third-order valence-corrected chi connectivity index (χ3v) is 5.04. The van der Waals surface area contributed by atoms with Crippen molar-refractivity contribution in [3.05, 3.63) is 71.9 Å². The molecule has 4 aromatic rings. The van der Waals surface area contributed by atoms with Crippen molar-refractivity contribution >= 4 is 34.6 Å². The number of fused-ring (bicyclic) bond motifs is 1. The molecule has 0 saturated heterocycles. The van der Waals surface area contributed by atoms with Gasteiger partial charge in [0.1, 0.15) is 17.7 Å². The minimum atomic E-state index is -0.581. The van der Waals surface area contributed by atoms with Crippen LogP contribution in [0.1, 0.15) is 15.9 Å². The van der Waals surface area contributed by atoms with Gasteiger partial charge >= 0.3 is 6.03 Å². The average Bonchev–Trinajstić information content (AvgIpc) is 3.17. The smallest absolute Gasteiger partial charge is 0.323 e. The highest BCUT2D eigenvalue weighted by molar-refractivity contribution is 6.07. The third-order valence-electron chi connectivity index (χ3n) is 5.04. The molecule has 0 fully saturated rings. The van der Waals surface area contributed by atoms with E-state index in [2.05, 4.69) is 20.7 Å². The van der Waals surface area contributed by atoms with E-state index in [-0.39, 0.29) is 17.4 Å². The largest absolute Gasteiger partial charge is 0.382 e. The highest BCUT2D eigenvalue weighted by Gasteiger charge is 2.22. The van der Waals surface area contributed by atoms with Gasteiger partial charge in [0.25, 0.3) is 5.91 Å². The molecule has 10 heteroatoms. The first-order valence-electron chi connectivity index (χ1n) is 10.0. The molecule has 0 spiro atoms. The predicted molar refractivity (Wildman–Crippen MR) is 125 cm³/mol. The number of hydrogen-bond donors (Lipinski definition) is 3. The Morgan fingerprint density at radius 1 is 1.09 bits per heavy atom. The molecule has 0 saturated carbocycles. The Bertz CT molecular complexity index is 1360. The molecule has 0 bridgehead atoms. The fourth-order valence-electron chi connectivity index (χ4n) is 3.47. The van der Waals surface area contributed by atoms with Gasteiger partial charge in [0.05, 0.1) is 11.3 Å².